The van der Waals surface area contributed by atoms with E-state index in [9.17, 15) is 22.8 Å². The summed E-state index contributed by atoms with van der Waals surface area (Å²) in [6.07, 6.45) is 2.40. The number of amides is 1. The molecule has 0 spiro atoms. The Morgan fingerprint density at radius 1 is 1.06 bits per heavy atom. The summed E-state index contributed by atoms with van der Waals surface area (Å²) in [6.45, 7) is 2.70. The zero-order chi connectivity index (χ0) is 24.2. The summed E-state index contributed by atoms with van der Waals surface area (Å²) in [6, 6.07) is 11.3. The molecule has 1 atom stereocenters. The van der Waals surface area contributed by atoms with Crippen LogP contribution in [0.1, 0.15) is 25.3 Å². The number of carbonyl (C=O) groups excluding carboxylic acids is 1. The van der Waals surface area contributed by atoms with Crippen LogP contribution in [0.3, 0.4) is 0 Å². The van der Waals surface area contributed by atoms with Gasteiger partial charge in [-0.25, -0.2) is 13.2 Å². The molecule has 0 radical (unpaired) electrons. The van der Waals surface area contributed by atoms with E-state index in [1.54, 1.807) is 17.0 Å². The van der Waals surface area contributed by atoms with Gasteiger partial charge in [0.25, 0.3) is 15.6 Å². The number of aromatic nitrogens is 2. The minimum absolute atomic E-state index is 0.0308. The fraction of sp³-hybridized carbons (Fsp3) is 0.375. The maximum Gasteiger partial charge on any atom is 0.331 e. The second kappa shape index (κ2) is 8.12. The summed E-state index contributed by atoms with van der Waals surface area (Å²) < 4.78 is 30.8. The number of likely N-dealkylation sites (tertiary alicyclic amines) is 1. The Morgan fingerprint density at radius 2 is 1.76 bits per heavy atom. The van der Waals surface area contributed by atoms with Gasteiger partial charge in [0.2, 0.25) is 5.91 Å². The Bertz CT molecular complexity index is 1530. The van der Waals surface area contributed by atoms with Gasteiger partial charge in [-0.15, -0.1) is 0 Å². The zero-order valence-electron chi connectivity index (χ0n) is 19.1. The van der Waals surface area contributed by atoms with Crippen LogP contribution in [0.2, 0.25) is 0 Å². The molecule has 178 valence electrons. The molecule has 10 heteroatoms. The van der Waals surface area contributed by atoms with Gasteiger partial charge in [0.15, 0.2) is 0 Å². The summed E-state index contributed by atoms with van der Waals surface area (Å²) >= 11 is 0. The van der Waals surface area contributed by atoms with Crippen molar-refractivity contribution in [3.63, 3.8) is 0 Å². The molecule has 1 saturated heterocycles. The maximum absolute atomic E-state index is 13.6. The highest BCUT2D eigenvalue weighted by molar-refractivity contribution is 7.92. The first-order chi connectivity index (χ1) is 16.2. The van der Waals surface area contributed by atoms with Crippen LogP contribution in [0, 0.1) is 0 Å². The van der Waals surface area contributed by atoms with E-state index in [0.717, 1.165) is 23.0 Å². The molecule has 0 bridgehead atoms. The number of sulfonamides is 1. The minimum Gasteiger partial charge on any atom is -0.341 e. The van der Waals surface area contributed by atoms with E-state index >= 15 is 0 Å². The molecular weight excluding hydrogens is 456 g/mol. The van der Waals surface area contributed by atoms with Crippen LogP contribution in [0.4, 0.5) is 5.69 Å². The largest absolute Gasteiger partial charge is 0.341 e. The molecule has 0 saturated carbocycles. The quantitative estimate of drug-likeness (QED) is 0.560. The molecule has 0 N–H and O–H groups in total. The summed E-state index contributed by atoms with van der Waals surface area (Å²) in [5.41, 5.74) is 0.614. The predicted molar refractivity (Wildman–Crippen MR) is 129 cm³/mol. The molecule has 2 aliphatic rings. The van der Waals surface area contributed by atoms with Gasteiger partial charge in [0.05, 0.1) is 21.5 Å². The lowest BCUT2D eigenvalue weighted by atomic mass is 10.1. The minimum atomic E-state index is -3.96. The van der Waals surface area contributed by atoms with Crippen molar-refractivity contribution in [2.24, 2.45) is 7.05 Å². The SMILES string of the molecule is C[C@H]1Cc2ccccc2N1S(=O)(=O)c1ccc2c(c1)c(=O)n(CC(=O)N1CCCC1)c(=O)n2C. The summed E-state index contributed by atoms with van der Waals surface area (Å²) in [7, 11) is -2.45. The lowest BCUT2D eigenvalue weighted by molar-refractivity contribution is -0.130. The number of fused-ring (bicyclic) bond motifs is 2. The van der Waals surface area contributed by atoms with E-state index in [2.05, 4.69) is 0 Å². The molecule has 1 amide bonds. The van der Waals surface area contributed by atoms with Crippen LogP contribution in [0.25, 0.3) is 10.9 Å². The number of anilines is 1. The third kappa shape index (κ3) is 3.44. The van der Waals surface area contributed by atoms with E-state index in [4.69, 9.17) is 0 Å². The number of carbonyl (C=O) groups is 1. The number of nitrogens with zero attached hydrogens (tertiary/aromatic N) is 4. The first kappa shape index (κ1) is 22.4. The fourth-order valence-corrected chi connectivity index (χ4v) is 6.73. The molecule has 0 unspecified atom stereocenters. The monoisotopic (exact) mass is 482 g/mol. The van der Waals surface area contributed by atoms with Gasteiger partial charge in [-0.2, -0.15) is 0 Å². The number of hydrogen-bond acceptors (Lipinski definition) is 5. The normalized spacial score (nSPS) is 18.0. The molecule has 1 aromatic heterocycles. The smallest absolute Gasteiger partial charge is 0.331 e. The highest BCUT2D eigenvalue weighted by Gasteiger charge is 2.36. The molecule has 9 nitrogen and oxygen atoms in total. The molecule has 34 heavy (non-hydrogen) atoms. The second-order valence-corrected chi connectivity index (χ2v) is 10.8. The van der Waals surface area contributed by atoms with Crippen LogP contribution >= 0.6 is 0 Å². The molecule has 2 aromatic carbocycles. The van der Waals surface area contributed by atoms with Crippen molar-refractivity contribution in [2.75, 3.05) is 17.4 Å². The predicted octanol–water partition coefficient (Wildman–Crippen LogP) is 1.46. The van der Waals surface area contributed by atoms with Crippen molar-refractivity contribution in [1.82, 2.24) is 14.0 Å². The van der Waals surface area contributed by atoms with E-state index in [-0.39, 0.29) is 28.8 Å². The van der Waals surface area contributed by atoms with Crippen LogP contribution in [-0.4, -0.2) is 47.5 Å². The fourth-order valence-electron chi connectivity index (χ4n) is 5.01. The first-order valence-electron chi connectivity index (χ1n) is 11.3. The molecular formula is C24H26N4O5S. The van der Waals surface area contributed by atoms with Crippen molar-refractivity contribution >= 4 is 32.5 Å². The Morgan fingerprint density at radius 3 is 2.50 bits per heavy atom. The molecule has 3 aromatic rings. The second-order valence-electron chi connectivity index (χ2n) is 8.98. The average Bonchev–Trinajstić information content (AvgIpc) is 3.47. The third-order valence-electron chi connectivity index (χ3n) is 6.78. The van der Waals surface area contributed by atoms with Crippen molar-refractivity contribution in [3.8, 4) is 0 Å². The van der Waals surface area contributed by atoms with Crippen molar-refractivity contribution in [3.05, 3.63) is 68.9 Å². The zero-order valence-corrected chi connectivity index (χ0v) is 19.9. The number of aryl methyl sites for hydroxylation is 1. The maximum atomic E-state index is 13.6. The molecule has 2 aliphatic heterocycles. The summed E-state index contributed by atoms with van der Waals surface area (Å²) in [5, 5.41) is 0.0810. The lowest BCUT2D eigenvalue weighted by Gasteiger charge is -2.24. The van der Waals surface area contributed by atoms with E-state index in [0.29, 0.717) is 30.7 Å². The topological polar surface area (TPSA) is 102 Å². The van der Waals surface area contributed by atoms with Gasteiger partial charge < -0.3 is 4.90 Å². The van der Waals surface area contributed by atoms with Crippen molar-refractivity contribution < 1.29 is 13.2 Å². The van der Waals surface area contributed by atoms with Gasteiger partial charge in [0, 0.05) is 26.2 Å². The van der Waals surface area contributed by atoms with Gasteiger partial charge in [-0.1, -0.05) is 18.2 Å². The van der Waals surface area contributed by atoms with E-state index < -0.39 is 21.3 Å². The highest BCUT2D eigenvalue weighted by atomic mass is 32.2. The number of hydrogen-bond donors (Lipinski definition) is 0. The lowest BCUT2D eigenvalue weighted by Crippen LogP contribution is -2.44. The standard InChI is InChI=1S/C24H26N4O5S/c1-16-13-17-7-3-4-8-20(17)28(16)34(32,33)18-9-10-21-19(14-18)23(30)27(24(31)25(21)2)15-22(29)26-11-5-6-12-26/h3-4,7-10,14,16H,5-6,11-13,15H2,1-2H3/t16-/m0/s1. The summed E-state index contributed by atoms with van der Waals surface area (Å²) in [5.74, 6) is -0.290. The molecule has 5 rings (SSSR count). The number of benzene rings is 2. The van der Waals surface area contributed by atoms with Crippen molar-refractivity contribution in [2.45, 2.75) is 43.7 Å². The summed E-state index contributed by atoms with van der Waals surface area (Å²) in [4.78, 5) is 40.4. The number of para-hydroxylation sites is 1. The Balaban J connectivity index is 1.61. The van der Waals surface area contributed by atoms with Gasteiger partial charge in [-0.3, -0.25) is 23.0 Å². The van der Waals surface area contributed by atoms with Crippen molar-refractivity contribution in [1.29, 1.82) is 0 Å². The average molecular weight is 483 g/mol. The van der Waals surface area contributed by atoms with Crippen LogP contribution < -0.4 is 15.6 Å². The number of rotatable bonds is 4. The van der Waals surface area contributed by atoms with Crippen LogP contribution in [0.5, 0.6) is 0 Å². The molecule has 1 fully saturated rings. The van der Waals surface area contributed by atoms with Gasteiger partial charge in [0.1, 0.15) is 6.54 Å². The first-order valence-corrected chi connectivity index (χ1v) is 12.8. The molecule has 0 aliphatic carbocycles. The Hall–Kier alpha value is -3.40. The van der Waals surface area contributed by atoms with E-state index in [1.165, 1.54) is 34.1 Å². The van der Waals surface area contributed by atoms with Crippen LogP contribution in [0.15, 0.2) is 56.9 Å². The molecule has 3 heterocycles. The third-order valence-corrected chi connectivity index (χ3v) is 8.70. The van der Waals surface area contributed by atoms with Gasteiger partial charge >= 0.3 is 5.69 Å². The van der Waals surface area contributed by atoms with Gasteiger partial charge in [-0.05, 0) is 56.0 Å². The van der Waals surface area contributed by atoms with Crippen LogP contribution in [-0.2, 0) is 34.8 Å². The Kier molecular flexibility index (Phi) is 5.35. The Labute approximate surface area is 196 Å². The van der Waals surface area contributed by atoms with E-state index in [1.807, 2.05) is 19.1 Å². The highest BCUT2D eigenvalue weighted by Crippen LogP contribution is 2.36.